The van der Waals surface area contributed by atoms with Crippen LogP contribution < -0.4 is 5.32 Å². The third kappa shape index (κ3) is 4.42. The maximum Gasteiger partial charge on any atom is 0.243 e. The Morgan fingerprint density at radius 3 is 2.11 bits per heavy atom. The van der Waals surface area contributed by atoms with Gasteiger partial charge in [-0.25, -0.2) is 8.42 Å². The predicted molar refractivity (Wildman–Crippen MR) is 138 cm³/mol. The van der Waals surface area contributed by atoms with E-state index in [2.05, 4.69) is 17.4 Å². The minimum Gasteiger partial charge on any atom is -0.326 e. The number of halogens is 1. The molecule has 1 amide bonds. The first-order valence-electron chi connectivity index (χ1n) is 13.0. The lowest BCUT2D eigenvalue weighted by molar-refractivity contribution is -0.120. The molecule has 0 aromatic heterocycles. The number of piperidine rings is 1. The molecule has 1 atom stereocenters. The van der Waals surface area contributed by atoms with Gasteiger partial charge in [0.25, 0.3) is 0 Å². The summed E-state index contributed by atoms with van der Waals surface area (Å²) in [6, 6.07) is 14.7. The van der Waals surface area contributed by atoms with Crippen molar-refractivity contribution in [2.45, 2.75) is 61.7 Å². The average Bonchev–Trinajstić information content (AvgIpc) is 2.84. The highest BCUT2D eigenvalue weighted by Crippen LogP contribution is 2.60. The standard InChI is InChI=1S/C28H33ClN2O3S/c29-24-5-9-26(10-6-24)35(33,34)31-11-1-2-22(18-31)27(32)30-25-7-3-23(4-8-25)28-15-19-12-20(16-28)14-21(13-19)17-28/h3-10,19-22H,1-2,11-18H2,(H,30,32)/t19?,20?,21?,22-,28?/m0/s1. The summed E-state index contributed by atoms with van der Waals surface area (Å²) < 4.78 is 27.6. The quantitative estimate of drug-likeness (QED) is 0.546. The Hall–Kier alpha value is -1.89. The van der Waals surface area contributed by atoms with Crippen LogP contribution in [0.3, 0.4) is 0 Å². The first kappa shape index (κ1) is 23.5. The summed E-state index contributed by atoms with van der Waals surface area (Å²) in [5.74, 6) is 2.23. The first-order chi connectivity index (χ1) is 16.8. The number of benzene rings is 2. The number of carbonyl (C=O) groups excluding carboxylic acids is 1. The van der Waals surface area contributed by atoms with Gasteiger partial charge in [0.05, 0.1) is 10.8 Å². The lowest BCUT2D eigenvalue weighted by atomic mass is 9.48. The topological polar surface area (TPSA) is 66.5 Å². The number of nitrogens with zero attached hydrogens (tertiary/aromatic N) is 1. The van der Waals surface area contributed by atoms with Crippen LogP contribution in [-0.4, -0.2) is 31.7 Å². The maximum atomic E-state index is 13.1. The summed E-state index contributed by atoms with van der Waals surface area (Å²) in [5, 5.41) is 3.55. The Kier molecular flexibility index (Phi) is 5.97. The van der Waals surface area contributed by atoms with E-state index in [1.807, 2.05) is 12.1 Å². The number of sulfonamides is 1. The molecule has 1 heterocycles. The van der Waals surface area contributed by atoms with Crippen LogP contribution in [0, 0.1) is 23.7 Å². The lowest BCUT2D eigenvalue weighted by Gasteiger charge is -2.57. The van der Waals surface area contributed by atoms with Gasteiger partial charge in [0.15, 0.2) is 0 Å². The van der Waals surface area contributed by atoms with Crippen molar-refractivity contribution in [3.05, 3.63) is 59.1 Å². The molecule has 2 aromatic carbocycles. The summed E-state index contributed by atoms with van der Waals surface area (Å²) in [6.07, 6.45) is 9.61. The zero-order valence-corrected chi connectivity index (χ0v) is 21.5. The van der Waals surface area contributed by atoms with Gasteiger partial charge in [-0.15, -0.1) is 0 Å². The number of nitrogens with one attached hydrogen (secondary N) is 1. The van der Waals surface area contributed by atoms with Gasteiger partial charge in [-0.1, -0.05) is 23.7 Å². The van der Waals surface area contributed by atoms with Crippen molar-refractivity contribution in [1.82, 2.24) is 4.31 Å². The van der Waals surface area contributed by atoms with E-state index < -0.39 is 10.0 Å². The van der Waals surface area contributed by atoms with E-state index in [1.54, 1.807) is 12.1 Å². The lowest BCUT2D eigenvalue weighted by Crippen LogP contribution is -2.48. The van der Waals surface area contributed by atoms with E-state index in [4.69, 9.17) is 11.6 Å². The van der Waals surface area contributed by atoms with Crippen LogP contribution in [0.5, 0.6) is 0 Å². The van der Waals surface area contributed by atoms with Gasteiger partial charge in [-0.2, -0.15) is 4.31 Å². The molecule has 1 saturated heterocycles. The van der Waals surface area contributed by atoms with Gasteiger partial charge in [0.1, 0.15) is 0 Å². The number of carbonyl (C=O) groups is 1. The van der Waals surface area contributed by atoms with E-state index in [0.717, 1.165) is 23.4 Å². The number of anilines is 1. The monoisotopic (exact) mass is 512 g/mol. The molecule has 1 aliphatic heterocycles. The summed E-state index contributed by atoms with van der Waals surface area (Å²) in [6.45, 7) is 0.622. The zero-order valence-electron chi connectivity index (χ0n) is 20.0. The van der Waals surface area contributed by atoms with Gasteiger partial charge in [0.2, 0.25) is 15.9 Å². The fraction of sp³-hybridized carbons (Fsp3) is 0.536. The highest BCUT2D eigenvalue weighted by molar-refractivity contribution is 7.89. The Labute approximate surface area is 213 Å². The molecule has 186 valence electrons. The zero-order chi connectivity index (χ0) is 24.2. The van der Waals surface area contributed by atoms with Crippen LogP contribution in [0.15, 0.2) is 53.4 Å². The average molecular weight is 513 g/mol. The van der Waals surface area contributed by atoms with Crippen molar-refractivity contribution in [2.24, 2.45) is 23.7 Å². The molecule has 4 aliphatic carbocycles. The van der Waals surface area contributed by atoms with Crippen LogP contribution in [0.4, 0.5) is 5.69 Å². The van der Waals surface area contributed by atoms with Crippen LogP contribution in [-0.2, 0) is 20.2 Å². The molecular weight excluding hydrogens is 480 g/mol. The SMILES string of the molecule is O=C(Nc1ccc(C23CC4CC(CC(C4)C2)C3)cc1)[C@H]1CCCN(S(=O)(=O)c2ccc(Cl)cc2)C1. The molecule has 1 N–H and O–H groups in total. The highest BCUT2D eigenvalue weighted by Gasteiger charge is 2.51. The Morgan fingerprint density at radius 2 is 1.51 bits per heavy atom. The summed E-state index contributed by atoms with van der Waals surface area (Å²) in [5.41, 5.74) is 2.57. The molecule has 5 aliphatic rings. The van der Waals surface area contributed by atoms with Crippen molar-refractivity contribution in [3.8, 4) is 0 Å². The van der Waals surface area contributed by atoms with E-state index in [0.29, 0.717) is 29.8 Å². The van der Waals surface area contributed by atoms with Crippen molar-refractivity contribution < 1.29 is 13.2 Å². The Balaban J connectivity index is 1.12. The number of hydrogen-bond donors (Lipinski definition) is 1. The van der Waals surface area contributed by atoms with Crippen LogP contribution in [0.1, 0.15) is 56.9 Å². The molecule has 4 saturated carbocycles. The summed E-state index contributed by atoms with van der Waals surface area (Å²) in [7, 11) is -3.65. The van der Waals surface area contributed by atoms with Crippen molar-refractivity contribution >= 4 is 33.2 Å². The fourth-order valence-electron chi connectivity index (χ4n) is 7.75. The summed E-state index contributed by atoms with van der Waals surface area (Å²) in [4.78, 5) is 13.3. The minimum absolute atomic E-state index is 0.108. The van der Waals surface area contributed by atoms with E-state index in [9.17, 15) is 13.2 Å². The third-order valence-corrected chi connectivity index (χ3v) is 11.1. The first-order valence-corrected chi connectivity index (χ1v) is 14.8. The van der Waals surface area contributed by atoms with Gasteiger partial charge >= 0.3 is 0 Å². The molecule has 2 aromatic rings. The van der Waals surface area contributed by atoms with Gasteiger partial charge < -0.3 is 5.32 Å². The molecule has 7 heteroatoms. The Morgan fingerprint density at radius 1 is 0.914 bits per heavy atom. The number of hydrogen-bond acceptors (Lipinski definition) is 3. The molecule has 5 nitrogen and oxygen atoms in total. The molecule has 0 spiro atoms. The largest absolute Gasteiger partial charge is 0.326 e. The second kappa shape index (κ2) is 8.89. The van der Waals surface area contributed by atoms with Crippen molar-refractivity contribution in [3.63, 3.8) is 0 Å². The smallest absolute Gasteiger partial charge is 0.243 e. The van der Waals surface area contributed by atoms with E-state index in [1.165, 1.54) is 60.5 Å². The van der Waals surface area contributed by atoms with Crippen LogP contribution in [0.25, 0.3) is 0 Å². The second-order valence-corrected chi connectivity index (χ2v) is 13.8. The molecule has 4 bridgehead atoms. The fourth-order valence-corrected chi connectivity index (χ4v) is 9.40. The number of amides is 1. The molecule has 0 unspecified atom stereocenters. The van der Waals surface area contributed by atoms with Crippen molar-refractivity contribution in [2.75, 3.05) is 18.4 Å². The molecule has 7 rings (SSSR count). The maximum absolute atomic E-state index is 13.1. The predicted octanol–water partition coefficient (Wildman–Crippen LogP) is 5.85. The second-order valence-electron chi connectivity index (χ2n) is 11.4. The minimum atomic E-state index is -3.65. The van der Waals surface area contributed by atoms with Gasteiger partial charge in [-0.05, 0) is 116 Å². The molecule has 35 heavy (non-hydrogen) atoms. The van der Waals surface area contributed by atoms with Crippen molar-refractivity contribution in [1.29, 1.82) is 0 Å². The summed E-state index contributed by atoms with van der Waals surface area (Å²) >= 11 is 5.92. The highest BCUT2D eigenvalue weighted by atomic mass is 35.5. The molecule has 5 fully saturated rings. The van der Waals surface area contributed by atoms with Gasteiger partial charge in [0, 0.05) is 23.8 Å². The van der Waals surface area contributed by atoms with Crippen LogP contribution in [0.2, 0.25) is 5.02 Å². The van der Waals surface area contributed by atoms with Gasteiger partial charge in [-0.3, -0.25) is 4.79 Å². The van der Waals surface area contributed by atoms with Crippen LogP contribution >= 0.6 is 11.6 Å². The van der Waals surface area contributed by atoms with E-state index in [-0.39, 0.29) is 23.3 Å². The third-order valence-electron chi connectivity index (χ3n) is 9.01. The van der Waals surface area contributed by atoms with E-state index >= 15 is 0 Å². The molecular formula is C28H33ClN2O3S. The number of rotatable bonds is 5. The Bertz CT molecular complexity index is 1170. The normalized spacial score (nSPS) is 32.5. The molecule has 0 radical (unpaired) electrons.